The van der Waals surface area contributed by atoms with Crippen molar-refractivity contribution in [1.82, 2.24) is 0 Å². The van der Waals surface area contributed by atoms with Crippen LogP contribution < -0.4 is 0 Å². The molecule has 0 heterocycles. The maximum absolute atomic E-state index is 9.67. The topological polar surface area (TPSA) is 0 Å². The Hall–Kier alpha value is -5.98. The smallest absolute Gasteiger partial charge is 0.0622 e. The van der Waals surface area contributed by atoms with Crippen LogP contribution in [0.2, 0.25) is 0 Å². The van der Waals surface area contributed by atoms with Crippen LogP contribution in [0.15, 0.2) is 181 Å². The van der Waals surface area contributed by atoms with Crippen molar-refractivity contribution in [3.05, 3.63) is 181 Å². The Morgan fingerprint density at radius 3 is 1.37 bits per heavy atom. The van der Waals surface area contributed by atoms with E-state index in [1.54, 1.807) is 0 Å². The molecule has 0 aliphatic rings. The fraction of sp³-hybridized carbons (Fsp3) is 0. The van der Waals surface area contributed by atoms with Crippen LogP contribution in [0.4, 0.5) is 0 Å². The standard InChI is InChI=1S/C46H30/c1-2-11-31(12-3-1)35-25-26-37-30-38(28-27-36(37)29-35)46-43-18-8-6-16-41(43)45(42-17-7-9-19-44(42)46)34-23-21-33(22-24-34)40-20-10-14-32-13-4-5-15-39(32)40/h1-30H/i1D,2D,3D,4D,5D,6D,7D,8D,9D,10D,11D,12D,13D,14D,15D,16D,17D,18D,19D,20D,21D,22D,23D,24D,25D,26D,27D,28D,29D,30D. The predicted octanol–water partition coefficient (Wildman–Crippen LogP) is 13.0. The molecule has 0 radical (unpaired) electrons. The zero-order chi connectivity index (χ0) is 56.6. The van der Waals surface area contributed by atoms with Gasteiger partial charge in [-0.25, -0.2) is 0 Å². The summed E-state index contributed by atoms with van der Waals surface area (Å²) in [6, 6.07) is -29.2. The van der Waals surface area contributed by atoms with Crippen molar-refractivity contribution in [3.63, 3.8) is 0 Å². The van der Waals surface area contributed by atoms with Crippen LogP contribution in [-0.2, 0) is 0 Å². The van der Waals surface area contributed by atoms with E-state index in [1.807, 2.05) is 0 Å². The van der Waals surface area contributed by atoms with Gasteiger partial charge in [0.1, 0.15) is 0 Å². The average molecular weight is 613 g/mol. The molecule has 0 amide bonds. The fourth-order valence-electron chi connectivity index (χ4n) is 5.19. The van der Waals surface area contributed by atoms with E-state index >= 15 is 0 Å². The van der Waals surface area contributed by atoms with Crippen molar-refractivity contribution >= 4 is 43.1 Å². The van der Waals surface area contributed by atoms with E-state index in [0.717, 1.165) is 0 Å². The highest BCUT2D eigenvalue weighted by Gasteiger charge is 2.17. The van der Waals surface area contributed by atoms with Gasteiger partial charge in [-0.3, -0.25) is 0 Å². The third-order valence-corrected chi connectivity index (χ3v) is 7.19. The summed E-state index contributed by atoms with van der Waals surface area (Å²) < 4.78 is 268. The van der Waals surface area contributed by atoms with Crippen LogP contribution >= 0.6 is 0 Å². The highest BCUT2D eigenvalue weighted by Crippen LogP contribution is 2.44. The Morgan fingerprint density at radius 2 is 0.717 bits per heavy atom. The summed E-state index contributed by atoms with van der Waals surface area (Å²) in [5, 5.41) is -5.88. The minimum Gasteiger partial charge on any atom is -0.0622 e. The van der Waals surface area contributed by atoms with Gasteiger partial charge < -0.3 is 0 Å². The van der Waals surface area contributed by atoms with E-state index in [4.69, 9.17) is 23.3 Å². The largest absolute Gasteiger partial charge is 0.0636 e. The van der Waals surface area contributed by atoms with Gasteiger partial charge in [-0.15, -0.1) is 0 Å². The molecule has 0 atom stereocenters. The van der Waals surface area contributed by atoms with Crippen molar-refractivity contribution in [2.75, 3.05) is 0 Å². The van der Waals surface area contributed by atoms with Crippen molar-refractivity contribution in [2.24, 2.45) is 0 Å². The molecular weight excluding hydrogens is 553 g/mol. The number of hydrogen-bond acceptors (Lipinski definition) is 0. The van der Waals surface area contributed by atoms with Gasteiger partial charge in [0.15, 0.2) is 0 Å². The van der Waals surface area contributed by atoms with E-state index in [2.05, 4.69) is 0 Å². The first-order chi connectivity index (χ1) is 35.3. The molecule has 214 valence electrons. The Labute approximate surface area is 311 Å². The van der Waals surface area contributed by atoms with Gasteiger partial charge in [-0.05, 0) is 99.7 Å². The van der Waals surface area contributed by atoms with Gasteiger partial charge in [0, 0.05) is 0 Å². The molecular formula is C46H30. The molecule has 9 aromatic carbocycles. The number of benzene rings is 9. The van der Waals surface area contributed by atoms with Gasteiger partial charge in [0.2, 0.25) is 0 Å². The summed E-state index contributed by atoms with van der Waals surface area (Å²) in [5.41, 5.74) is -6.36. The first-order valence-corrected chi connectivity index (χ1v) is 13.5. The lowest BCUT2D eigenvalue weighted by atomic mass is 9.85. The molecule has 0 aliphatic carbocycles. The maximum atomic E-state index is 9.67. The fourth-order valence-corrected chi connectivity index (χ4v) is 5.19. The lowest BCUT2D eigenvalue weighted by Crippen LogP contribution is -1.91. The minimum atomic E-state index is -1.12. The highest BCUT2D eigenvalue weighted by atomic mass is 14.2. The molecule has 0 saturated heterocycles. The molecule has 0 N–H and O–H groups in total. The SMILES string of the molecule is [2H]c1c([2H])c([2H])c(-c2c([2H])c([2H])c3c([2H])c(-c4c5c([2H])c([2H])c([2H])c([2H])c5c(-c5c([2H])c([2H])c(-c6c([2H])c([2H])c([2H])c7c([2H])c([2H])c([2H])c([2H])c67)c([2H])c5[2H])c5c([2H])c([2H])c([2H])c([2H])c45)c([2H])c([2H])c3c2[2H])c([2H])c1[2H]. The van der Waals surface area contributed by atoms with Gasteiger partial charge >= 0.3 is 0 Å². The molecule has 0 aromatic heterocycles. The molecule has 9 rings (SSSR count). The first-order valence-electron chi connectivity index (χ1n) is 28.5. The van der Waals surface area contributed by atoms with Crippen LogP contribution in [-0.4, -0.2) is 0 Å². The van der Waals surface area contributed by atoms with E-state index in [9.17, 15) is 17.8 Å². The first kappa shape index (κ1) is 10.0. The molecule has 0 bridgehead atoms. The lowest BCUT2D eigenvalue weighted by molar-refractivity contribution is 1.63. The van der Waals surface area contributed by atoms with E-state index < -0.39 is 269 Å². The third kappa shape index (κ3) is 4.38. The van der Waals surface area contributed by atoms with Gasteiger partial charge in [0.25, 0.3) is 0 Å². The second-order valence-electron chi connectivity index (χ2n) is 9.75. The molecule has 46 heavy (non-hydrogen) atoms. The average Bonchev–Trinajstić information content (AvgIpc) is 3.40. The second kappa shape index (κ2) is 10.9. The third-order valence-electron chi connectivity index (χ3n) is 7.19. The second-order valence-corrected chi connectivity index (χ2v) is 9.75. The van der Waals surface area contributed by atoms with Crippen LogP contribution in [0.25, 0.3) is 87.6 Å². The number of rotatable bonds is 4. The quantitative estimate of drug-likeness (QED) is 0.173. The Morgan fingerprint density at radius 1 is 0.261 bits per heavy atom. The van der Waals surface area contributed by atoms with Gasteiger partial charge in [-0.1, -0.05) is 169 Å². The molecule has 0 unspecified atom stereocenters. The molecule has 0 nitrogen and oxygen atoms in total. The summed E-state index contributed by atoms with van der Waals surface area (Å²) in [5.74, 6) is 0. The summed E-state index contributed by atoms with van der Waals surface area (Å²) in [6.45, 7) is 0. The molecule has 0 fully saturated rings. The number of hydrogen-bond donors (Lipinski definition) is 0. The summed E-state index contributed by atoms with van der Waals surface area (Å²) >= 11 is 0. The molecule has 0 heteroatoms. The van der Waals surface area contributed by atoms with Crippen molar-refractivity contribution < 1.29 is 41.1 Å². The van der Waals surface area contributed by atoms with Crippen molar-refractivity contribution in [1.29, 1.82) is 0 Å². The summed E-state index contributed by atoms with van der Waals surface area (Å²) in [6.07, 6.45) is 0. The summed E-state index contributed by atoms with van der Waals surface area (Å²) in [7, 11) is 0. The van der Waals surface area contributed by atoms with Crippen LogP contribution in [0.5, 0.6) is 0 Å². The Bertz CT molecular complexity index is 4130. The predicted molar refractivity (Wildman–Crippen MR) is 198 cm³/mol. The Kier molecular flexibility index (Phi) is 2.37. The lowest BCUT2D eigenvalue weighted by Gasteiger charge is -2.18. The van der Waals surface area contributed by atoms with Crippen molar-refractivity contribution in [2.45, 2.75) is 0 Å². The maximum Gasteiger partial charge on any atom is 0.0636 e. The molecule has 0 saturated carbocycles. The zero-order valence-corrected chi connectivity index (χ0v) is 23.0. The monoisotopic (exact) mass is 612 g/mol. The summed E-state index contributed by atoms with van der Waals surface area (Å²) in [4.78, 5) is 0. The number of fused-ring (bicyclic) bond motifs is 4. The van der Waals surface area contributed by atoms with E-state index in [0.29, 0.717) is 0 Å². The molecule has 0 spiro atoms. The minimum absolute atomic E-state index is 0.598. The van der Waals surface area contributed by atoms with E-state index in [1.165, 1.54) is 0 Å². The molecule has 9 aromatic rings. The molecule has 0 aliphatic heterocycles. The normalized spacial score (nSPS) is 20.6. The van der Waals surface area contributed by atoms with Crippen LogP contribution in [0, 0.1) is 0 Å². The Balaban J connectivity index is 1.52. The van der Waals surface area contributed by atoms with Crippen LogP contribution in [0.3, 0.4) is 0 Å². The van der Waals surface area contributed by atoms with Gasteiger partial charge in [-0.2, -0.15) is 0 Å². The van der Waals surface area contributed by atoms with Gasteiger partial charge in [0.05, 0.1) is 41.1 Å². The van der Waals surface area contributed by atoms with Crippen molar-refractivity contribution in [3.8, 4) is 44.5 Å². The highest BCUT2D eigenvalue weighted by molar-refractivity contribution is 6.21. The zero-order valence-electron chi connectivity index (χ0n) is 53.0. The van der Waals surface area contributed by atoms with E-state index in [-0.39, 0.29) is 0 Å². The van der Waals surface area contributed by atoms with Crippen LogP contribution in [0.1, 0.15) is 41.1 Å².